The van der Waals surface area contributed by atoms with Gasteiger partial charge in [-0.2, -0.15) is 0 Å². The topological polar surface area (TPSA) is 15.7 Å². The molecule has 0 N–H and O–H groups in total. The van der Waals surface area contributed by atoms with E-state index >= 15 is 0 Å². The van der Waals surface area contributed by atoms with E-state index in [9.17, 15) is 0 Å². The molecule has 3 heteroatoms. The van der Waals surface area contributed by atoms with E-state index in [4.69, 9.17) is 4.74 Å². The van der Waals surface area contributed by atoms with E-state index in [1.165, 1.54) is 11.1 Å². The van der Waals surface area contributed by atoms with E-state index in [2.05, 4.69) is 48.2 Å². The molecule has 1 atom stereocenters. The molecule has 0 saturated carbocycles. The first-order valence-electron chi connectivity index (χ1n) is 6.65. The van der Waals surface area contributed by atoms with E-state index in [0.29, 0.717) is 6.04 Å². The van der Waals surface area contributed by atoms with Gasteiger partial charge >= 0.3 is 0 Å². The van der Waals surface area contributed by atoms with Crippen molar-refractivity contribution in [2.24, 2.45) is 0 Å². The van der Waals surface area contributed by atoms with E-state index in [1.807, 2.05) is 0 Å². The third kappa shape index (κ3) is 3.31. The predicted octanol–water partition coefficient (Wildman–Crippen LogP) is 1.62. The fourth-order valence-corrected chi connectivity index (χ4v) is 2.62. The highest BCUT2D eigenvalue weighted by molar-refractivity contribution is 5.30. The predicted molar refractivity (Wildman–Crippen MR) is 74.8 cm³/mol. The molecule has 1 aromatic carbocycles. The molecular formula is C15H24N2O. The summed E-state index contributed by atoms with van der Waals surface area (Å²) in [5.41, 5.74) is 3.00. The number of methoxy groups -OCH3 is 1. The maximum atomic E-state index is 5.13. The minimum atomic E-state index is 0.613. The molecular weight excluding hydrogens is 224 g/mol. The molecule has 0 radical (unpaired) electrons. The Labute approximate surface area is 110 Å². The number of ether oxygens (including phenoxy) is 1. The van der Waals surface area contributed by atoms with Gasteiger partial charge in [-0.05, 0) is 31.6 Å². The normalized spacial score (nSPS) is 20.1. The summed E-state index contributed by atoms with van der Waals surface area (Å²) in [5.74, 6) is 0. The third-order valence-electron chi connectivity index (χ3n) is 3.82. The van der Waals surface area contributed by atoms with Gasteiger partial charge in [0.1, 0.15) is 0 Å². The van der Waals surface area contributed by atoms with Crippen molar-refractivity contribution in [1.29, 1.82) is 0 Å². The maximum absolute atomic E-state index is 5.13. The second-order valence-electron chi connectivity index (χ2n) is 5.30. The lowest BCUT2D eigenvalue weighted by atomic mass is 9.94. The van der Waals surface area contributed by atoms with Crippen molar-refractivity contribution >= 4 is 0 Å². The zero-order valence-corrected chi connectivity index (χ0v) is 11.7. The van der Waals surface area contributed by atoms with Crippen molar-refractivity contribution in [1.82, 2.24) is 9.80 Å². The summed E-state index contributed by atoms with van der Waals surface area (Å²) in [6, 6.07) is 9.41. The Kier molecular flexibility index (Phi) is 4.75. The molecule has 0 aliphatic carbocycles. The van der Waals surface area contributed by atoms with Gasteiger partial charge in [0, 0.05) is 32.8 Å². The molecule has 0 amide bonds. The second kappa shape index (κ2) is 6.32. The largest absolute Gasteiger partial charge is 0.383 e. The SMILES string of the molecule is COCCN(C)C[C@@H]1Cc2ccccc2CN1C. The molecule has 1 aliphatic heterocycles. The summed E-state index contributed by atoms with van der Waals surface area (Å²) < 4.78 is 5.13. The summed E-state index contributed by atoms with van der Waals surface area (Å²) >= 11 is 0. The number of likely N-dealkylation sites (N-methyl/N-ethyl adjacent to an activating group) is 2. The highest BCUT2D eigenvalue weighted by Gasteiger charge is 2.23. The maximum Gasteiger partial charge on any atom is 0.0589 e. The van der Waals surface area contributed by atoms with Crippen LogP contribution in [0.1, 0.15) is 11.1 Å². The van der Waals surface area contributed by atoms with Crippen molar-refractivity contribution in [2.45, 2.75) is 19.0 Å². The van der Waals surface area contributed by atoms with Gasteiger partial charge in [0.05, 0.1) is 6.61 Å². The molecule has 3 nitrogen and oxygen atoms in total. The Bertz CT molecular complexity index is 381. The Balaban J connectivity index is 1.95. The summed E-state index contributed by atoms with van der Waals surface area (Å²) in [6.07, 6.45) is 1.16. The number of rotatable bonds is 5. The molecule has 0 saturated heterocycles. The van der Waals surface area contributed by atoms with Crippen molar-refractivity contribution in [3.63, 3.8) is 0 Å². The van der Waals surface area contributed by atoms with Crippen LogP contribution in [0.2, 0.25) is 0 Å². The Morgan fingerprint density at radius 1 is 1.33 bits per heavy atom. The van der Waals surface area contributed by atoms with Gasteiger partial charge in [-0.1, -0.05) is 24.3 Å². The Hall–Kier alpha value is -0.900. The fourth-order valence-electron chi connectivity index (χ4n) is 2.62. The van der Waals surface area contributed by atoms with Crippen LogP contribution in [0.3, 0.4) is 0 Å². The smallest absolute Gasteiger partial charge is 0.0589 e. The first kappa shape index (κ1) is 13.5. The molecule has 0 aromatic heterocycles. The van der Waals surface area contributed by atoms with Crippen LogP contribution in [0.15, 0.2) is 24.3 Å². The van der Waals surface area contributed by atoms with Crippen molar-refractivity contribution in [3.05, 3.63) is 35.4 Å². The number of hydrogen-bond acceptors (Lipinski definition) is 3. The first-order valence-corrected chi connectivity index (χ1v) is 6.65. The zero-order valence-electron chi connectivity index (χ0n) is 11.7. The average Bonchev–Trinajstić information content (AvgIpc) is 2.37. The quantitative estimate of drug-likeness (QED) is 0.787. The van der Waals surface area contributed by atoms with Crippen LogP contribution < -0.4 is 0 Å². The Morgan fingerprint density at radius 3 is 2.78 bits per heavy atom. The zero-order chi connectivity index (χ0) is 13.0. The van der Waals surface area contributed by atoms with Crippen molar-refractivity contribution < 1.29 is 4.74 Å². The van der Waals surface area contributed by atoms with E-state index < -0.39 is 0 Å². The lowest BCUT2D eigenvalue weighted by molar-refractivity contribution is 0.126. The van der Waals surface area contributed by atoms with Crippen LogP contribution in [-0.2, 0) is 17.7 Å². The van der Waals surface area contributed by atoms with Gasteiger partial charge in [-0.25, -0.2) is 0 Å². The van der Waals surface area contributed by atoms with Gasteiger partial charge in [0.2, 0.25) is 0 Å². The minimum absolute atomic E-state index is 0.613. The molecule has 18 heavy (non-hydrogen) atoms. The number of fused-ring (bicyclic) bond motifs is 1. The van der Waals surface area contributed by atoms with Crippen LogP contribution in [0.4, 0.5) is 0 Å². The van der Waals surface area contributed by atoms with Gasteiger partial charge < -0.3 is 9.64 Å². The highest BCUT2D eigenvalue weighted by Crippen LogP contribution is 2.22. The Morgan fingerprint density at radius 2 is 2.06 bits per heavy atom. The molecule has 1 aliphatic rings. The van der Waals surface area contributed by atoms with Crippen LogP contribution in [0, 0.1) is 0 Å². The monoisotopic (exact) mass is 248 g/mol. The second-order valence-corrected chi connectivity index (χ2v) is 5.30. The molecule has 0 spiro atoms. The summed E-state index contributed by atoms with van der Waals surface area (Å²) in [7, 11) is 6.16. The van der Waals surface area contributed by atoms with Gasteiger partial charge in [0.25, 0.3) is 0 Å². The van der Waals surface area contributed by atoms with Crippen LogP contribution in [0.25, 0.3) is 0 Å². The number of nitrogens with zero attached hydrogens (tertiary/aromatic N) is 2. The summed E-state index contributed by atoms with van der Waals surface area (Å²) in [4.78, 5) is 4.82. The average molecular weight is 248 g/mol. The van der Waals surface area contributed by atoms with E-state index in [-0.39, 0.29) is 0 Å². The van der Waals surface area contributed by atoms with Crippen LogP contribution in [0.5, 0.6) is 0 Å². The van der Waals surface area contributed by atoms with Crippen molar-refractivity contribution in [2.75, 3.05) is 40.9 Å². The molecule has 2 rings (SSSR count). The van der Waals surface area contributed by atoms with Gasteiger partial charge in [-0.3, -0.25) is 4.90 Å². The minimum Gasteiger partial charge on any atom is -0.383 e. The summed E-state index contributed by atoms with van der Waals surface area (Å²) in [5, 5.41) is 0. The number of hydrogen-bond donors (Lipinski definition) is 0. The first-order chi connectivity index (χ1) is 8.70. The lowest BCUT2D eigenvalue weighted by Crippen LogP contribution is -2.45. The van der Waals surface area contributed by atoms with E-state index in [1.54, 1.807) is 7.11 Å². The van der Waals surface area contributed by atoms with Gasteiger partial charge in [-0.15, -0.1) is 0 Å². The summed E-state index contributed by atoms with van der Waals surface area (Å²) in [6.45, 7) is 3.99. The fraction of sp³-hybridized carbons (Fsp3) is 0.600. The molecule has 1 aromatic rings. The van der Waals surface area contributed by atoms with Crippen LogP contribution in [-0.4, -0.2) is 56.7 Å². The highest BCUT2D eigenvalue weighted by atomic mass is 16.5. The molecule has 0 fully saturated rings. The van der Waals surface area contributed by atoms with E-state index in [0.717, 1.165) is 32.7 Å². The van der Waals surface area contributed by atoms with Crippen molar-refractivity contribution in [3.8, 4) is 0 Å². The molecule has 1 heterocycles. The third-order valence-corrected chi connectivity index (χ3v) is 3.82. The lowest BCUT2D eigenvalue weighted by Gasteiger charge is -2.36. The molecule has 0 bridgehead atoms. The molecule has 100 valence electrons. The van der Waals surface area contributed by atoms with Gasteiger partial charge in [0.15, 0.2) is 0 Å². The number of benzene rings is 1. The standard InChI is InChI=1S/C15H24N2O/c1-16(8-9-18-3)12-15-10-13-6-4-5-7-14(13)11-17(15)2/h4-7,15H,8-12H2,1-3H3/t15-/m0/s1. The van der Waals surface area contributed by atoms with Crippen LogP contribution >= 0.6 is 0 Å². The molecule has 0 unspecified atom stereocenters.